The summed E-state index contributed by atoms with van der Waals surface area (Å²) in [4.78, 5) is 11.8. The Kier molecular flexibility index (Phi) is 6.21. The second-order valence-corrected chi connectivity index (χ2v) is 5.94. The zero-order valence-corrected chi connectivity index (χ0v) is 14.3. The van der Waals surface area contributed by atoms with Crippen molar-refractivity contribution in [2.75, 3.05) is 11.9 Å². The standard InChI is InChI=1S/C19H24N2O3/c1-13-5-4-6-16(9-13)12-24-17-7-8-18(14(2)10-17)21-19(23)20-15(3)11-22/h4-10,15,22H,11-12H2,1-3H3,(H2,20,21,23). The minimum absolute atomic E-state index is 0.0991. The predicted molar refractivity (Wildman–Crippen MR) is 95.4 cm³/mol. The van der Waals surface area contributed by atoms with Crippen LogP contribution in [0.1, 0.15) is 23.6 Å². The molecule has 128 valence electrons. The number of rotatable bonds is 6. The molecule has 0 aliphatic carbocycles. The molecule has 0 saturated heterocycles. The summed E-state index contributed by atoms with van der Waals surface area (Å²) >= 11 is 0. The first-order chi connectivity index (χ1) is 11.5. The van der Waals surface area contributed by atoms with Crippen molar-refractivity contribution >= 4 is 11.7 Å². The highest BCUT2D eigenvalue weighted by Crippen LogP contribution is 2.22. The van der Waals surface area contributed by atoms with Crippen LogP contribution >= 0.6 is 0 Å². The Hall–Kier alpha value is -2.53. The number of anilines is 1. The molecule has 2 aromatic rings. The first-order valence-corrected chi connectivity index (χ1v) is 7.95. The third-order valence-electron chi connectivity index (χ3n) is 3.59. The molecule has 0 saturated carbocycles. The van der Waals surface area contributed by atoms with Gasteiger partial charge < -0.3 is 20.5 Å². The van der Waals surface area contributed by atoms with Crippen LogP contribution in [0, 0.1) is 13.8 Å². The molecule has 0 aliphatic rings. The van der Waals surface area contributed by atoms with Gasteiger partial charge in [-0.1, -0.05) is 29.8 Å². The summed E-state index contributed by atoms with van der Waals surface area (Å²) < 4.78 is 5.81. The van der Waals surface area contributed by atoms with Crippen LogP contribution in [-0.4, -0.2) is 23.8 Å². The zero-order chi connectivity index (χ0) is 17.5. The average Bonchev–Trinajstić information content (AvgIpc) is 2.55. The molecule has 1 atom stereocenters. The molecule has 0 heterocycles. The van der Waals surface area contributed by atoms with Crippen LogP contribution in [0.3, 0.4) is 0 Å². The van der Waals surface area contributed by atoms with Crippen LogP contribution in [-0.2, 0) is 6.61 Å². The summed E-state index contributed by atoms with van der Waals surface area (Å²) in [7, 11) is 0. The average molecular weight is 328 g/mol. The molecule has 0 fully saturated rings. The Morgan fingerprint density at radius 3 is 2.67 bits per heavy atom. The van der Waals surface area contributed by atoms with Gasteiger partial charge in [-0.15, -0.1) is 0 Å². The largest absolute Gasteiger partial charge is 0.489 e. The van der Waals surface area contributed by atoms with E-state index in [0.29, 0.717) is 12.3 Å². The molecular weight excluding hydrogens is 304 g/mol. The lowest BCUT2D eigenvalue weighted by Gasteiger charge is -2.14. The molecule has 3 N–H and O–H groups in total. The van der Waals surface area contributed by atoms with Crippen molar-refractivity contribution in [2.45, 2.75) is 33.4 Å². The van der Waals surface area contributed by atoms with E-state index in [4.69, 9.17) is 9.84 Å². The number of nitrogens with one attached hydrogen (secondary N) is 2. The lowest BCUT2D eigenvalue weighted by Crippen LogP contribution is -2.38. The Bertz CT molecular complexity index is 701. The number of urea groups is 1. The van der Waals surface area contributed by atoms with Crippen molar-refractivity contribution in [1.29, 1.82) is 0 Å². The van der Waals surface area contributed by atoms with Gasteiger partial charge in [0.2, 0.25) is 0 Å². The first-order valence-electron chi connectivity index (χ1n) is 7.95. The van der Waals surface area contributed by atoms with Gasteiger partial charge in [0.05, 0.1) is 12.6 Å². The van der Waals surface area contributed by atoms with Gasteiger partial charge in [0.15, 0.2) is 0 Å². The maximum absolute atomic E-state index is 11.8. The first kappa shape index (κ1) is 17.8. The lowest BCUT2D eigenvalue weighted by molar-refractivity contribution is 0.229. The molecule has 1 unspecified atom stereocenters. The van der Waals surface area contributed by atoms with Gasteiger partial charge in [-0.2, -0.15) is 0 Å². The molecular formula is C19H24N2O3. The van der Waals surface area contributed by atoms with Crippen LogP contribution in [0.15, 0.2) is 42.5 Å². The summed E-state index contributed by atoms with van der Waals surface area (Å²) in [6.07, 6.45) is 0. The van der Waals surface area contributed by atoms with Crippen molar-refractivity contribution in [3.63, 3.8) is 0 Å². The number of hydrogen-bond acceptors (Lipinski definition) is 3. The predicted octanol–water partition coefficient (Wildman–Crippen LogP) is 3.38. The second-order valence-electron chi connectivity index (χ2n) is 5.94. The minimum atomic E-state index is -0.340. The number of carbonyl (C=O) groups is 1. The van der Waals surface area contributed by atoms with E-state index < -0.39 is 0 Å². The van der Waals surface area contributed by atoms with Crippen LogP contribution in [0.2, 0.25) is 0 Å². The number of carbonyl (C=O) groups excluding carboxylic acids is 1. The van der Waals surface area contributed by atoms with Crippen molar-refractivity contribution in [2.24, 2.45) is 0 Å². The molecule has 5 nitrogen and oxygen atoms in total. The van der Waals surface area contributed by atoms with Crippen molar-refractivity contribution < 1.29 is 14.6 Å². The van der Waals surface area contributed by atoms with E-state index in [0.717, 1.165) is 16.9 Å². The monoisotopic (exact) mass is 328 g/mol. The molecule has 0 radical (unpaired) electrons. The van der Waals surface area contributed by atoms with Crippen LogP contribution in [0.25, 0.3) is 0 Å². The molecule has 5 heteroatoms. The van der Waals surface area contributed by atoms with Crippen molar-refractivity contribution in [3.05, 3.63) is 59.2 Å². The Labute approximate surface area is 142 Å². The second kappa shape index (κ2) is 8.36. The summed E-state index contributed by atoms with van der Waals surface area (Å²) in [5.74, 6) is 0.753. The number of ether oxygens (including phenoxy) is 1. The molecule has 2 amide bonds. The van der Waals surface area contributed by atoms with E-state index >= 15 is 0 Å². The third-order valence-corrected chi connectivity index (χ3v) is 3.59. The lowest BCUT2D eigenvalue weighted by atomic mass is 10.1. The Morgan fingerprint density at radius 1 is 1.21 bits per heavy atom. The fraction of sp³-hybridized carbons (Fsp3) is 0.316. The molecule has 0 spiro atoms. The maximum Gasteiger partial charge on any atom is 0.319 e. The van der Waals surface area contributed by atoms with Crippen LogP contribution in [0.4, 0.5) is 10.5 Å². The van der Waals surface area contributed by atoms with Gasteiger partial charge in [0.25, 0.3) is 0 Å². The van der Waals surface area contributed by atoms with Gasteiger partial charge in [-0.3, -0.25) is 0 Å². The molecule has 0 bridgehead atoms. The van der Waals surface area contributed by atoms with E-state index in [-0.39, 0.29) is 18.7 Å². The van der Waals surface area contributed by atoms with Crippen LogP contribution in [0.5, 0.6) is 5.75 Å². The summed E-state index contributed by atoms with van der Waals surface area (Å²) in [6, 6.07) is 13.1. The normalized spacial score (nSPS) is 11.7. The molecule has 2 aromatic carbocycles. The maximum atomic E-state index is 11.8. The summed E-state index contributed by atoms with van der Waals surface area (Å²) in [6.45, 7) is 6.09. The molecule has 0 aliphatic heterocycles. The number of aliphatic hydroxyl groups excluding tert-OH is 1. The number of aryl methyl sites for hydroxylation is 2. The van der Waals surface area contributed by atoms with Crippen LogP contribution < -0.4 is 15.4 Å². The topological polar surface area (TPSA) is 70.6 Å². The van der Waals surface area contributed by atoms with Crippen molar-refractivity contribution in [1.82, 2.24) is 5.32 Å². The number of benzene rings is 2. The van der Waals surface area contributed by atoms with E-state index in [1.165, 1.54) is 5.56 Å². The SMILES string of the molecule is Cc1cccc(COc2ccc(NC(=O)NC(C)CO)c(C)c2)c1. The van der Waals surface area contributed by atoms with E-state index in [2.05, 4.69) is 29.7 Å². The fourth-order valence-corrected chi connectivity index (χ4v) is 2.26. The highest BCUT2D eigenvalue weighted by Gasteiger charge is 2.08. The summed E-state index contributed by atoms with van der Waals surface area (Å²) in [5.41, 5.74) is 3.94. The highest BCUT2D eigenvalue weighted by atomic mass is 16.5. The fourth-order valence-electron chi connectivity index (χ4n) is 2.26. The van der Waals surface area contributed by atoms with Gasteiger partial charge in [0, 0.05) is 5.69 Å². The van der Waals surface area contributed by atoms with E-state index in [1.54, 1.807) is 6.92 Å². The summed E-state index contributed by atoms with van der Waals surface area (Å²) in [5, 5.41) is 14.4. The van der Waals surface area contributed by atoms with Gasteiger partial charge >= 0.3 is 6.03 Å². The number of amides is 2. The Balaban J connectivity index is 1.95. The van der Waals surface area contributed by atoms with Gasteiger partial charge in [0.1, 0.15) is 12.4 Å². The van der Waals surface area contributed by atoms with E-state index in [9.17, 15) is 4.79 Å². The third kappa shape index (κ3) is 5.28. The molecule has 0 aromatic heterocycles. The smallest absolute Gasteiger partial charge is 0.319 e. The quantitative estimate of drug-likeness (QED) is 0.761. The van der Waals surface area contributed by atoms with E-state index in [1.807, 2.05) is 37.3 Å². The Morgan fingerprint density at radius 2 is 2.00 bits per heavy atom. The van der Waals surface area contributed by atoms with Gasteiger partial charge in [-0.25, -0.2) is 4.79 Å². The minimum Gasteiger partial charge on any atom is -0.489 e. The highest BCUT2D eigenvalue weighted by molar-refractivity contribution is 5.90. The molecule has 24 heavy (non-hydrogen) atoms. The number of hydrogen-bond donors (Lipinski definition) is 3. The zero-order valence-electron chi connectivity index (χ0n) is 14.3. The number of aliphatic hydroxyl groups is 1. The van der Waals surface area contributed by atoms with Gasteiger partial charge in [-0.05, 0) is 50.1 Å². The van der Waals surface area contributed by atoms with Crippen molar-refractivity contribution in [3.8, 4) is 5.75 Å². The molecule has 2 rings (SSSR count).